The molecule has 0 saturated heterocycles. The number of nitrogens with zero attached hydrogens (tertiary/aromatic N) is 3. The summed E-state index contributed by atoms with van der Waals surface area (Å²) in [5.41, 5.74) is 0.0322. The second-order valence-corrected chi connectivity index (χ2v) is 3.95. The van der Waals surface area contributed by atoms with E-state index in [2.05, 4.69) is 5.10 Å². The molecular weight excluding hydrogens is 202 g/mol. The fourth-order valence-electron chi connectivity index (χ4n) is 1.80. The van der Waals surface area contributed by atoms with E-state index in [0.29, 0.717) is 12.4 Å². The third kappa shape index (κ3) is 1.71. The number of hydrogen-bond acceptors (Lipinski definition) is 2. The normalized spacial score (nSPS) is 15.5. The topological polar surface area (TPSA) is 39.8 Å². The van der Waals surface area contributed by atoms with Crippen LogP contribution in [0.15, 0.2) is 4.79 Å². The molecular formula is C9H14ClN3O. The minimum absolute atomic E-state index is 0.0322. The molecule has 0 unspecified atom stereocenters. The van der Waals surface area contributed by atoms with Crippen LogP contribution in [0.5, 0.6) is 0 Å². The van der Waals surface area contributed by atoms with E-state index in [1.54, 1.807) is 9.25 Å². The van der Waals surface area contributed by atoms with Gasteiger partial charge in [0.2, 0.25) is 0 Å². The number of aryl methyl sites for hydroxylation is 2. The van der Waals surface area contributed by atoms with Crippen LogP contribution in [0.1, 0.15) is 25.1 Å². The number of hydrogen-bond donors (Lipinski definition) is 0. The molecule has 1 aliphatic heterocycles. The summed E-state index contributed by atoms with van der Waals surface area (Å²) in [6, 6.07) is 0. The number of fused-ring (bicyclic) bond motifs is 1. The van der Waals surface area contributed by atoms with Crippen LogP contribution in [-0.2, 0) is 19.5 Å². The standard InChI is InChI=1S/C9H14ClN3O/c10-5-3-7-13-9(14)12-6-2-1-4-8(12)11-13/h1-7H2. The van der Waals surface area contributed by atoms with Crippen LogP contribution < -0.4 is 5.69 Å². The fourth-order valence-corrected chi connectivity index (χ4v) is 1.92. The van der Waals surface area contributed by atoms with E-state index in [4.69, 9.17) is 11.6 Å². The van der Waals surface area contributed by atoms with E-state index in [9.17, 15) is 4.79 Å². The smallest absolute Gasteiger partial charge is 0.279 e. The van der Waals surface area contributed by atoms with Crippen molar-refractivity contribution in [3.8, 4) is 0 Å². The Hall–Kier alpha value is -0.770. The average Bonchev–Trinajstić information content (AvgIpc) is 2.54. The zero-order valence-electron chi connectivity index (χ0n) is 8.08. The predicted octanol–water partition coefficient (Wildman–Crippen LogP) is 1.01. The summed E-state index contributed by atoms with van der Waals surface area (Å²) in [7, 11) is 0. The third-order valence-electron chi connectivity index (χ3n) is 2.54. The Kier molecular flexibility index (Phi) is 2.91. The molecule has 1 aliphatic rings. The van der Waals surface area contributed by atoms with Gasteiger partial charge in [0.1, 0.15) is 5.82 Å². The number of halogens is 1. The van der Waals surface area contributed by atoms with Crippen molar-refractivity contribution in [2.75, 3.05) is 5.88 Å². The highest BCUT2D eigenvalue weighted by atomic mass is 35.5. The Morgan fingerprint density at radius 3 is 3.00 bits per heavy atom. The highest BCUT2D eigenvalue weighted by Gasteiger charge is 2.15. The Morgan fingerprint density at radius 1 is 1.43 bits per heavy atom. The number of rotatable bonds is 3. The van der Waals surface area contributed by atoms with Gasteiger partial charge in [0.25, 0.3) is 0 Å². The van der Waals surface area contributed by atoms with Gasteiger partial charge in [0.05, 0.1) is 0 Å². The summed E-state index contributed by atoms with van der Waals surface area (Å²) in [6.07, 6.45) is 3.97. The Bertz CT molecular complexity index is 369. The summed E-state index contributed by atoms with van der Waals surface area (Å²) < 4.78 is 3.33. The van der Waals surface area contributed by atoms with Crippen LogP contribution in [0.4, 0.5) is 0 Å². The van der Waals surface area contributed by atoms with Crippen LogP contribution in [0.2, 0.25) is 0 Å². The van der Waals surface area contributed by atoms with Gasteiger partial charge in [-0.3, -0.25) is 4.57 Å². The molecule has 0 spiro atoms. The molecule has 0 amide bonds. The first kappa shape index (κ1) is 9.77. The first-order valence-corrected chi connectivity index (χ1v) is 5.59. The van der Waals surface area contributed by atoms with Crippen molar-refractivity contribution in [2.24, 2.45) is 0 Å². The van der Waals surface area contributed by atoms with Crippen LogP contribution >= 0.6 is 11.6 Å². The first-order valence-electron chi connectivity index (χ1n) is 5.05. The van der Waals surface area contributed by atoms with E-state index in [0.717, 1.165) is 38.1 Å². The molecule has 2 rings (SSSR count). The molecule has 0 radical (unpaired) electrons. The van der Waals surface area contributed by atoms with Crippen LogP contribution in [0, 0.1) is 0 Å². The maximum atomic E-state index is 11.7. The van der Waals surface area contributed by atoms with Crippen molar-refractivity contribution < 1.29 is 0 Å². The summed E-state index contributed by atoms with van der Waals surface area (Å²) in [5.74, 6) is 1.52. The molecule has 4 nitrogen and oxygen atoms in total. The van der Waals surface area contributed by atoms with Gasteiger partial charge >= 0.3 is 5.69 Å². The van der Waals surface area contributed by atoms with Crippen LogP contribution in [0.25, 0.3) is 0 Å². The molecule has 0 N–H and O–H groups in total. The van der Waals surface area contributed by atoms with Gasteiger partial charge in [-0.15, -0.1) is 11.6 Å². The van der Waals surface area contributed by atoms with E-state index in [1.165, 1.54) is 0 Å². The second-order valence-electron chi connectivity index (χ2n) is 3.57. The summed E-state index contributed by atoms with van der Waals surface area (Å²) >= 11 is 5.58. The minimum atomic E-state index is 0.0322. The highest BCUT2D eigenvalue weighted by molar-refractivity contribution is 6.17. The maximum absolute atomic E-state index is 11.7. The van der Waals surface area contributed by atoms with Crippen molar-refractivity contribution in [3.05, 3.63) is 16.3 Å². The zero-order valence-corrected chi connectivity index (χ0v) is 8.83. The fraction of sp³-hybridized carbons (Fsp3) is 0.778. The molecule has 0 aliphatic carbocycles. The van der Waals surface area contributed by atoms with Gasteiger partial charge in [-0.05, 0) is 19.3 Å². The Morgan fingerprint density at radius 2 is 2.29 bits per heavy atom. The minimum Gasteiger partial charge on any atom is -0.279 e. The summed E-state index contributed by atoms with van der Waals surface area (Å²) in [4.78, 5) is 11.7. The van der Waals surface area contributed by atoms with Crippen LogP contribution in [-0.4, -0.2) is 20.2 Å². The van der Waals surface area contributed by atoms with Crippen molar-refractivity contribution in [3.63, 3.8) is 0 Å². The monoisotopic (exact) mass is 215 g/mol. The lowest BCUT2D eigenvalue weighted by atomic mass is 10.2. The predicted molar refractivity (Wildman–Crippen MR) is 54.8 cm³/mol. The Balaban J connectivity index is 2.25. The molecule has 0 aromatic carbocycles. The van der Waals surface area contributed by atoms with E-state index in [1.807, 2.05) is 0 Å². The van der Waals surface area contributed by atoms with Crippen molar-refractivity contribution in [1.82, 2.24) is 14.3 Å². The zero-order chi connectivity index (χ0) is 9.97. The Labute approximate surface area is 87.5 Å². The van der Waals surface area contributed by atoms with Crippen LogP contribution in [0.3, 0.4) is 0 Å². The average molecular weight is 216 g/mol. The van der Waals surface area contributed by atoms with E-state index < -0.39 is 0 Å². The summed E-state index contributed by atoms with van der Waals surface area (Å²) in [6.45, 7) is 1.47. The molecule has 2 heterocycles. The van der Waals surface area contributed by atoms with Crippen molar-refractivity contribution in [2.45, 2.75) is 38.8 Å². The molecule has 0 fully saturated rings. The first-order chi connectivity index (χ1) is 6.83. The van der Waals surface area contributed by atoms with Gasteiger partial charge in [-0.2, -0.15) is 5.10 Å². The maximum Gasteiger partial charge on any atom is 0.345 e. The van der Waals surface area contributed by atoms with Gasteiger partial charge < -0.3 is 0 Å². The number of aromatic nitrogens is 3. The van der Waals surface area contributed by atoms with E-state index in [-0.39, 0.29) is 5.69 Å². The molecule has 0 atom stereocenters. The largest absolute Gasteiger partial charge is 0.345 e. The second kappa shape index (κ2) is 4.17. The van der Waals surface area contributed by atoms with Gasteiger partial charge in [-0.1, -0.05) is 0 Å². The quantitative estimate of drug-likeness (QED) is 0.707. The SMILES string of the molecule is O=c1n(CCCCl)nc2n1CCCC2. The molecule has 1 aromatic rings. The summed E-state index contributed by atoms with van der Waals surface area (Å²) in [5, 5.41) is 4.30. The van der Waals surface area contributed by atoms with E-state index >= 15 is 0 Å². The van der Waals surface area contributed by atoms with Crippen molar-refractivity contribution in [1.29, 1.82) is 0 Å². The lowest BCUT2D eigenvalue weighted by molar-refractivity contribution is 0.510. The third-order valence-corrected chi connectivity index (χ3v) is 2.80. The van der Waals surface area contributed by atoms with Gasteiger partial charge in [-0.25, -0.2) is 9.48 Å². The molecule has 5 heteroatoms. The van der Waals surface area contributed by atoms with Gasteiger partial charge in [0.15, 0.2) is 0 Å². The molecule has 1 aromatic heterocycles. The molecule has 0 bridgehead atoms. The highest BCUT2D eigenvalue weighted by Crippen LogP contribution is 2.09. The van der Waals surface area contributed by atoms with Gasteiger partial charge in [0, 0.05) is 25.4 Å². The lowest BCUT2D eigenvalue weighted by Gasteiger charge is -2.09. The lowest BCUT2D eigenvalue weighted by Crippen LogP contribution is -2.27. The van der Waals surface area contributed by atoms with Crippen molar-refractivity contribution >= 4 is 11.6 Å². The molecule has 14 heavy (non-hydrogen) atoms. The molecule has 78 valence electrons. The molecule has 0 saturated carbocycles. The number of alkyl halides is 1.